The molecule has 6 nitrogen and oxygen atoms in total. The molecule has 28 heavy (non-hydrogen) atoms. The van der Waals surface area contributed by atoms with E-state index in [0.29, 0.717) is 19.0 Å². The molecule has 0 aromatic heterocycles. The summed E-state index contributed by atoms with van der Waals surface area (Å²) in [5, 5.41) is 5.49. The van der Waals surface area contributed by atoms with Crippen LogP contribution in [0.4, 0.5) is 5.69 Å². The van der Waals surface area contributed by atoms with Crippen LogP contribution >= 0.6 is 11.8 Å². The fourth-order valence-electron chi connectivity index (χ4n) is 2.76. The first-order valence-corrected chi connectivity index (χ1v) is 10.3. The van der Waals surface area contributed by atoms with Crippen LogP contribution in [0.1, 0.15) is 18.9 Å². The maximum absolute atomic E-state index is 12.1. The first kappa shape index (κ1) is 20.1. The van der Waals surface area contributed by atoms with Crippen LogP contribution in [0, 0.1) is 0 Å². The van der Waals surface area contributed by atoms with Crippen molar-refractivity contribution in [3.05, 3.63) is 48.0 Å². The van der Waals surface area contributed by atoms with E-state index in [1.54, 1.807) is 0 Å². The summed E-state index contributed by atoms with van der Waals surface area (Å²) < 4.78 is 11.3. The van der Waals surface area contributed by atoms with Crippen LogP contribution in [0.3, 0.4) is 0 Å². The van der Waals surface area contributed by atoms with E-state index in [9.17, 15) is 9.59 Å². The largest absolute Gasteiger partial charge is 0.490 e. The Morgan fingerprint density at radius 3 is 2.64 bits per heavy atom. The van der Waals surface area contributed by atoms with Gasteiger partial charge in [-0.1, -0.05) is 25.1 Å². The van der Waals surface area contributed by atoms with E-state index >= 15 is 0 Å². The standard InChI is InChI=1S/C21H24N2O4S/c1-2-15-6-3-4-7-17(15)23-20(24)13-22-21(25)14-28-16-8-9-18-19(12-16)27-11-5-10-26-18/h3-4,6-9,12H,2,5,10-11,13-14H2,1H3,(H,22,25)(H,23,24). The van der Waals surface area contributed by atoms with Gasteiger partial charge in [0.05, 0.1) is 25.5 Å². The Kier molecular flexibility index (Phi) is 7.19. The second-order valence-corrected chi connectivity index (χ2v) is 7.33. The predicted molar refractivity (Wildman–Crippen MR) is 110 cm³/mol. The van der Waals surface area contributed by atoms with Crippen molar-refractivity contribution in [2.75, 3.05) is 30.8 Å². The van der Waals surface area contributed by atoms with Crippen molar-refractivity contribution in [2.24, 2.45) is 0 Å². The molecule has 0 aliphatic carbocycles. The number of benzene rings is 2. The molecule has 0 spiro atoms. The molecule has 3 rings (SSSR count). The summed E-state index contributed by atoms with van der Waals surface area (Å²) in [6, 6.07) is 13.3. The highest BCUT2D eigenvalue weighted by molar-refractivity contribution is 8.00. The van der Waals surface area contributed by atoms with Gasteiger partial charge in [-0.05, 0) is 36.2 Å². The van der Waals surface area contributed by atoms with Gasteiger partial charge in [0.25, 0.3) is 0 Å². The molecule has 2 aromatic carbocycles. The maximum atomic E-state index is 12.1. The molecular formula is C21H24N2O4S. The van der Waals surface area contributed by atoms with Crippen LogP contribution in [0.5, 0.6) is 11.5 Å². The molecule has 0 saturated heterocycles. The fourth-order valence-corrected chi connectivity index (χ4v) is 3.51. The molecule has 0 radical (unpaired) electrons. The number of rotatable bonds is 7. The molecule has 2 aromatic rings. The Balaban J connectivity index is 1.44. The Hall–Kier alpha value is -2.67. The monoisotopic (exact) mass is 400 g/mol. The normalized spacial score (nSPS) is 12.8. The fraction of sp³-hybridized carbons (Fsp3) is 0.333. The molecule has 0 atom stereocenters. The number of para-hydroxylation sites is 1. The van der Waals surface area contributed by atoms with E-state index in [1.807, 2.05) is 49.4 Å². The van der Waals surface area contributed by atoms with E-state index in [-0.39, 0.29) is 24.1 Å². The van der Waals surface area contributed by atoms with Crippen molar-refractivity contribution in [1.82, 2.24) is 5.32 Å². The number of nitrogens with one attached hydrogen (secondary N) is 2. The number of hydrogen-bond donors (Lipinski definition) is 2. The van der Waals surface area contributed by atoms with E-state index in [1.165, 1.54) is 11.8 Å². The molecule has 2 N–H and O–H groups in total. The first-order valence-electron chi connectivity index (χ1n) is 9.32. The lowest BCUT2D eigenvalue weighted by atomic mass is 10.1. The van der Waals surface area contributed by atoms with Gasteiger partial charge in [0.2, 0.25) is 11.8 Å². The van der Waals surface area contributed by atoms with Gasteiger partial charge in [0, 0.05) is 17.0 Å². The molecular weight excluding hydrogens is 376 g/mol. The van der Waals surface area contributed by atoms with Crippen LogP contribution in [0.2, 0.25) is 0 Å². The van der Waals surface area contributed by atoms with Gasteiger partial charge in [-0.2, -0.15) is 0 Å². The Morgan fingerprint density at radius 2 is 1.82 bits per heavy atom. The molecule has 1 aliphatic heterocycles. The molecule has 0 unspecified atom stereocenters. The third-order valence-corrected chi connectivity index (χ3v) is 5.20. The summed E-state index contributed by atoms with van der Waals surface area (Å²) in [7, 11) is 0. The molecule has 0 saturated carbocycles. The van der Waals surface area contributed by atoms with Crippen LogP contribution in [0.25, 0.3) is 0 Å². The molecule has 7 heteroatoms. The molecule has 0 bridgehead atoms. The quantitative estimate of drug-likeness (QED) is 0.698. The number of amides is 2. The molecule has 148 valence electrons. The lowest BCUT2D eigenvalue weighted by Gasteiger charge is -2.11. The molecule has 2 amide bonds. The van der Waals surface area contributed by atoms with Gasteiger partial charge in [0.15, 0.2) is 11.5 Å². The minimum atomic E-state index is -0.241. The van der Waals surface area contributed by atoms with Gasteiger partial charge >= 0.3 is 0 Å². The van der Waals surface area contributed by atoms with Crippen molar-refractivity contribution in [3.8, 4) is 11.5 Å². The Labute approximate surface area is 169 Å². The predicted octanol–water partition coefficient (Wildman–Crippen LogP) is 3.26. The van der Waals surface area contributed by atoms with Crippen LogP contribution in [0.15, 0.2) is 47.4 Å². The summed E-state index contributed by atoms with van der Waals surface area (Å²) in [5.74, 6) is 1.22. The van der Waals surface area contributed by atoms with Gasteiger partial charge in [0.1, 0.15) is 0 Å². The Bertz CT molecular complexity index is 841. The highest BCUT2D eigenvalue weighted by Crippen LogP contribution is 2.33. The summed E-state index contributed by atoms with van der Waals surface area (Å²) in [5.41, 5.74) is 1.85. The van der Waals surface area contributed by atoms with Crippen molar-refractivity contribution < 1.29 is 19.1 Å². The van der Waals surface area contributed by atoms with E-state index < -0.39 is 0 Å². The van der Waals surface area contributed by atoms with Crippen molar-refractivity contribution >= 4 is 29.3 Å². The zero-order chi connectivity index (χ0) is 19.8. The second-order valence-electron chi connectivity index (χ2n) is 6.28. The minimum Gasteiger partial charge on any atom is -0.490 e. The zero-order valence-electron chi connectivity index (χ0n) is 15.8. The lowest BCUT2D eigenvalue weighted by molar-refractivity contribution is -0.122. The maximum Gasteiger partial charge on any atom is 0.243 e. The minimum absolute atomic E-state index is 0.0570. The number of anilines is 1. The SMILES string of the molecule is CCc1ccccc1NC(=O)CNC(=O)CSc1ccc2c(c1)OCCCO2. The second kappa shape index (κ2) is 10.0. The summed E-state index contributed by atoms with van der Waals surface area (Å²) >= 11 is 1.39. The van der Waals surface area contributed by atoms with Crippen LogP contribution in [-0.2, 0) is 16.0 Å². The number of aryl methyl sites for hydroxylation is 1. The number of hydrogen-bond acceptors (Lipinski definition) is 5. The number of carbonyl (C=O) groups is 2. The smallest absolute Gasteiger partial charge is 0.243 e. The zero-order valence-corrected chi connectivity index (χ0v) is 16.6. The molecule has 1 aliphatic rings. The molecule has 0 fully saturated rings. The van der Waals surface area contributed by atoms with Gasteiger partial charge < -0.3 is 20.1 Å². The topological polar surface area (TPSA) is 76.7 Å². The van der Waals surface area contributed by atoms with E-state index in [4.69, 9.17) is 9.47 Å². The highest BCUT2D eigenvalue weighted by Gasteiger charge is 2.12. The number of carbonyl (C=O) groups excluding carboxylic acids is 2. The third kappa shape index (κ3) is 5.66. The number of fused-ring (bicyclic) bond motifs is 1. The first-order chi connectivity index (χ1) is 13.7. The van der Waals surface area contributed by atoms with Crippen LogP contribution in [-0.4, -0.2) is 37.3 Å². The summed E-state index contributed by atoms with van der Waals surface area (Å²) in [6.07, 6.45) is 1.68. The number of ether oxygens (including phenoxy) is 2. The average Bonchev–Trinajstić information content (AvgIpc) is 2.96. The van der Waals surface area contributed by atoms with Gasteiger partial charge in [-0.25, -0.2) is 0 Å². The number of thioether (sulfide) groups is 1. The lowest BCUT2D eigenvalue weighted by Crippen LogP contribution is -2.34. The van der Waals surface area contributed by atoms with Crippen molar-refractivity contribution in [2.45, 2.75) is 24.7 Å². The summed E-state index contributed by atoms with van der Waals surface area (Å²) in [4.78, 5) is 25.1. The van der Waals surface area contributed by atoms with Crippen molar-refractivity contribution in [1.29, 1.82) is 0 Å². The van der Waals surface area contributed by atoms with Gasteiger partial charge in [-0.3, -0.25) is 9.59 Å². The third-order valence-electron chi connectivity index (χ3n) is 4.21. The Morgan fingerprint density at radius 1 is 1.04 bits per heavy atom. The van der Waals surface area contributed by atoms with Crippen LogP contribution < -0.4 is 20.1 Å². The van der Waals surface area contributed by atoms with Gasteiger partial charge in [-0.15, -0.1) is 11.8 Å². The van der Waals surface area contributed by atoms with E-state index in [0.717, 1.165) is 34.7 Å². The summed E-state index contributed by atoms with van der Waals surface area (Å²) in [6.45, 7) is 3.24. The van der Waals surface area contributed by atoms with Crippen molar-refractivity contribution in [3.63, 3.8) is 0 Å². The average molecular weight is 401 g/mol. The van der Waals surface area contributed by atoms with E-state index in [2.05, 4.69) is 10.6 Å². The molecule has 1 heterocycles. The highest BCUT2D eigenvalue weighted by atomic mass is 32.2.